The number of esters is 1. The van der Waals surface area contributed by atoms with Crippen LogP contribution in [0.25, 0.3) is 0 Å². The highest BCUT2D eigenvalue weighted by molar-refractivity contribution is 5.96. The zero-order valence-corrected chi connectivity index (χ0v) is 16.7. The van der Waals surface area contributed by atoms with E-state index in [9.17, 15) is 14.4 Å². The topological polar surface area (TPSA) is 84.9 Å². The highest BCUT2D eigenvalue weighted by Gasteiger charge is 2.29. The highest BCUT2D eigenvalue weighted by atomic mass is 16.5. The predicted molar refractivity (Wildman–Crippen MR) is 105 cm³/mol. The van der Waals surface area contributed by atoms with E-state index < -0.39 is 0 Å². The van der Waals surface area contributed by atoms with Gasteiger partial charge in [-0.2, -0.15) is 0 Å². The molecule has 1 unspecified atom stereocenters. The van der Waals surface area contributed by atoms with E-state index in [1.807, 2.05) is 0 Å². The van der Waals surface area contributed by atoms with E-state index in [2.05, 4.69) is 12.2 Å². The molecule has 7 heteroatoms. The normalized spacial score (nSPS) is 16.4. The fourth-order valence-electron chi connectivity index (χ4n) is 3.06. The zero-order chi connectivity index (χ0) is 20.4. The molecule has 1 aliphatic rings. The number of carbonyl (C=O) groups is 3. The van der Waals surface area contributed by atoms with Crippen molar-refractivity contribution in [1.82, 2.24) is 10.2 Å². The summed E-state index contributed by atoms with van der Waals surface area (Å²) in [6.07, 6.45) is 3.52. The average molecular weight is 390 g/mol. The van der Waals surface area contributed by atoms with Crippen molar-refractivity contribution in [2.75, 3.05) is 32.8 Å². The standard InChI is InChI=1S/C21H30N2O5/c1-3-5-13-28-18-10-8-16(9-11-18)20(25)22-14-19(24)23-12-6-7-17(15-23)21(26)27-4-2/h8-11,17H,3-7,12-15H2,1-2H3,(H,22,25). The number of unbranched alkanes of at least 4 members (excludes halogenated alkanes) is 1. The monoisotopic (exact) mass is 390 g/mol. The number of amides is 2. The van der Waals surface area contributed by atoms with Crippen LogP contribution in [0.1, 0.15) is 49.9 Å². The van der Waals surface area contributed by atoms with E-state index in [0.717, 1.165) is 31.4 Å². The number of hydrogen-bond donors (Lipinski definition) is 1. The Kier molecular flexibility index (Phi) is 8.78. The van der Waals surface area contributed by atoms with Crippen molar-refractivity contribution < 1.29 is 23.9 Å². The Labute approximate surface area is 166 Å². The van der Waals surface area contributed by atoms with Gasteiger partial charge < -0.3 is 19.7 Å². The Hall–Kier alpha value is -2.57. The smallest absolute Gasteiger partial charge is 0.310 e. The number of ether oxygens (including phenoxy) is 2. The van der Waals surface area contributed by atoms with Crippen LogP contribution in [-0.2, 0) is 14.3 Å². The van der Waals surface area contributed by atoms with Crippen molar-refractivity contribution in [1.29, 1.82) is 0 Å². The molecule has 1 N–H and O–H groups in total. The lowest BCUT2D eigenvalue weighted by molar-refractivity contribution is -0.151. The number of benzene rings is 1. The van der Waals surface area contributed by atoms with Gasteiger partial charge in [0.05, 0.1) is 25.7 Å². The first-order valence-corrected chi connectivity index (χ1v) is 10.0. The number of nitrogens with one attached hydrogen (secondary N) is 1. The molecule has 2 amide bonds. The minimum Gasteiger partial charge on any atom is -0.494 e. The SMILES string of the molecule is CCCCOc1ccc(C(=O)NCC(=O)N2CCCC(C(=O)OCC)C2)cc1. The van der Waals surface area contributed by atoms with Crippen LogP contribution in [0.4, 0.5) is 0 Å². The Morgan fingerprint density at radius 3 is 2.61 bits per heavy atom. The van der Waals surface area contributed by atoms with Crippen molar-refractivity contribution in [3.05, 3.63) is 29.8 Å². The molecule has 1 atom stereocenters. The number of nitrogens with zero attached hydrogens (tertiary/aromatic N) is 1. The number of hydrogen-bond acceptors (Lipinski definition) is 5. The van der Waals surface area contributed by atoms with Gasteiger partial charge in [-0.3, -0.25) is 14.4 Å². The lowest BCUT2D eigenvalue weighted by atomic mass is 9.98. The van der Waals surface area contributed by atoms with Gasteiger partial charge in [-0.25, -0.2) is 0 Å². The summed E-state index contributed by atoms with van der Waals surface area (Å²) < 4.78 is 10.6. The van der Waals surface area contributed by atoms with Gasteiger partial charge in [0.1, 0.15) is 5.75 Å². The molecule has 154 valence electrons. The summed E-state index contributed by atoms with van der Waals surface area (Å²) in [4.78, 5) is 38.2. The summed E-state index contributed by atoms with van der Waals surface area (Å²) in [6, 6.07) is 6.86. The Bertz CT molecular complexity index is 659. The van der Waals surface area contributed by atoms with Gasteiger partial charge in [0.25, 0.3) is 5.91 Å². The Morgan fingerprint density at radius 1 is 1.18 bits per heavy atom. The number of piperidine rings is 1. The molecule has 0 spiro atoms. The van der Waals surface area contributed by atoms with Crippen molar-refractivity contribution in [3.63, 3.8) is 0 Å². The lowest BCUT2D eigenvalue weighted by Gasteiger charge is -2.31. The van der Waals surface area contributed by atoms with E-state index in [4.69, 9.17) is 9.47 Å². The average Bonchev–Trinajstić information content (AvgIpc) is 2.72. The van der Waals surface area contributed by atoms with Crippen molar-refractivity contribution in [2.45, 2.75) is 39.5 Å². The van der Waals surface area contributed by atoms with E-state index in [-0.39, 0.29) is 30.2 Å². The predicted octanol–water partition coefficient (Wildman–Crippen LogP) is 2.40. The maximum absolute atomic E-state index is 12.4. The molecule has 0 saturated carbocycles. The van der Waals surface area contributed by atoms with Crippen molar-refractivity contribution in [2.24, 2.45) is 5.92 Å². The quantitative estimate of drug-likeness (QED) is 0.517. The molecule has 1 fully saturated rings. The number of carbonyl (C=O) groups excluding carboxylic acids is 3. The molecule has 28 heavy (non-hydrogen) atoms. The van der Waals surface area contributed by atoms with Crippen molar-refractivity contribution in [3.8, 4) is 5.75 Å². The lowest BCUT2D eigenvalue weighted by Crippen LogP contribution is -2.46. The van der Waals surface area contributed by atoms with Crippen LogP contribution in [0.2, 0.25) is 0 Å². The van der Waals surface area contributed by atoms with Crippen LogP contribution in [0.15, 0.2) is 24.3 Å². The second-order valence-corrected chi connectivity index (χ2v) is 6.84. The Morgan fingerprint density at radius 2 is 1.93 bits per heavy atom. The van der Waals surface area contributed by atoms with E-state index in [0.29, 0.717) is 31.9 Å². The molecule has 7 nitrogen and oxygen atoms in total. The molecule has 0 aromatic heterocycles. The summed E-state index contributed by atoms with van der Waals surface area (Å²) in [6.45, 7) is 5.69. The number of likely N-dealkylation sites (tertiary alicyclic amines) is 1. The van der Waals surface area contributed by atoms with Crippen LogP contribution in [0.5, 0.6) is 5.75 Å². The fraction of sp³-hybridized carbons (Fsp3) is 0.571. The van der Waals surface area contributed by atoms with Gasteiger partial charge >= 0.3 is 5.97 Å². The van der Waals surface area contributed by atoms with Crippen LogP contribution in [0.3, 0.4) is 0 Å². The van der Waals surface area contributed by atoms with Crippen LogP contribution in [-0.4, -0.2) is 55.5 Å². The van der Waals surface area contributed by atoms with E-state index >= 15 is 0 Å². The maximum Gasteiger partial charge on any atom is 0.310 e. The van der Waals surface area contributed by atoms with Crippen LogP contribution < -0.4 is 10.1 Å². The minimum absolute atomic E-state index is 0.0941. The molecule has 1 heterocycles. The Balaban J connectivity index is 1.80. The molecule has 1 aromatic rings. The molecule has 0 aliphatic carbocycles. The van der Waals surface area contributed by atoms with Gasteiger partial charge in [0, 0.05) is 18.7 Å². The van der Waals surface area contributed by atoms with E-state index in [1.54, 1.807) is 36.1 Å². The molecule has 1 aliphatic heterocycles. The third kappa shape index (κ3) is 6.55. The second kappa shape index (κ2) is 11.3. The minimum atomic E-state index is -0.313. The second-order valence-electron chi connectivity index (χ2n) is 6.84. The summed E-state index contributed by atoms with van der Waals surface area (Å²) in [5, 5.41) is 2.65. The third-order valence-electron chi connectivity index (χ3n) is 4.68. The molecule has 0 radical (unpaired) electrons. The molecular formula is C21H30N2O5. The first-order valence-electron chi connectivity index (χ1n) is 10.0. The maximum atomic E-state index is 12.4. The third-order valence-corrected chi connectivity index (χ3v) is 4.68. The zero-order valence-electron chi connectivity index (χ0n) is 16.7. The molecular weight excluding hydrogens is 360 g/mol. The van der Waals surface area contributed by atoms with Gasteiger partial charge in [0.2, 0.25) is 5.91 Å². The first kappa shape index (κ1) is 21.7. The van der Waals surface area contributed by atoms with Crippen LogP contribution in [0, 0.1) is 5.92 Å². The summed E-state index contributed by atoms with van der Waals surface area (Å²) in [7, 11) is 0. The fourth-order valence-corrected chi connectivity index (χ4v) is 3.06. The number of rotatable bonds is 9. The van der Waals surface area contributed by atoms with E-state index in [1.165, 1.54) is 0 Å². The summed E-state index contributed by atoms with van der Waals surface area (Å²) in [5.41, 5.74) is 0.471. The van der Waals surface area contributed by atoms with Gasteiger partial charge in [-0.1, -0.05) is 13.3 Å². The molecule has 1 saturated heterocycles. The first-order chi connectivity index (χ1) is 13.5. The van der Waals surface area contributed by atoms with Crippen LogP contribution >= 0.6 is 0 Å². The summed E-state index contributed by atoms with van der Waals surface area (Å²) >= 11 is 0. The summed E-state index contributed by atoms with van der Waals surface area (Å²) in [5.74, 6) is -0.326. The van der Waals surface area contributed by atoms with Gasteiger partial charge in [0.15, 0.2) is 0 Å². The van der Waals surface area contributed by atoms with Gasteiger partial charge in [-0.15, -0.1) is 0 Å². The molecule has 1 aromatic carbocycles. The highest BCUT2D eigenvalue weighted by Crippen LogP contribution is 2.18. The molecule has 0 bridgehead atoms. The molecule has 2 rings (SSSR count). The largest absolute Gasteiger partial charge is 0.494 e. The van der Waals surface area contributed by atoms with Gasteiger partial charge in [-0.05, 0) is 50.5 Å². The van der Waals surface area contributed by atoms with Crippen molar-refractivity contribution >= 4 is 17.8 Å².